The van der Waals surface area contributed by atoms with Crippen LogP contribution in [0.2, 0.25) is 0 Å². The van der Waals surface area contributed by atoms with Crippen molar-refractivity contribution < 1.29 is 22.6 Å². The smallest absolute Gasteiger partial charge is 0.232 e. The van der Waals surface area contributed by atoms with Crippen LogP contribution in [0.5, 0.6) is 5.75 Å². The molecule has 0 bridgehead atoms. The topological polar surface area (TPSA) is 77.4 Å². The van der Waals surface area contributed by atoms with Crippen molar-refractivity contribution in [1.29, 1.82) is 0 Å². The first-order chi connectivity index (χ1) is 13.1. The van der Waals surface area contributed by atoms with Crippen molar-refractivity contribution in [1.82, 2.24) is 0 Å². The van der Waals surface area contributed by atoms with Crippen LogP contribution in [0.15, 0.2) is 17.1 Å². The summed E-state index contributed by atoms with van der Waals surface area (Å²) in [5, 5.41) is 0. The minimum absolute atomic E-state index is 0.152. The lowest BCUT2D eigenvalue weighted by Gasteiger charge is -2.29. The minimum Gasteiger partial charge on any atom is -0.492 e. The van der Waals surface area contributed by atoms with Gasteiger partial charge in [-0.05, 0) is 49.1 Å². The number of hydrogen-bond donors (Lipinski definition) is 0. The first-order valence-electron chi connectivity index (χ1n) is 9.48. The fraction of sp³-hybridized carbons (Fsp3) is 0.650. The van der Waals surface area contributed by atoms with Crippen molar-refractivity contribution in [3.05, 3.63) is 17.7 Å². The van der Waals surface area contributed by atoms with Gasteiger partial charge in [0.15, 0.2) is 12.0 Å². The number of benzene rings is 1. The highest BCUT2D eigenvalue weighted by atomic mass is 32.2. The zero-order chi connectivity index (χ0) is 20.9. The molecular weight excluding hydrogens is 380 g/mol. The van der Waals surface area contributed by atoms with Crippen molar-refractivity contribution in [2.45, 2.75) is 51.7 Å². The zero-order valence-electron chi connectivity index (χ0n) is 17.5. The summed E-state index contributed by atoms with van der Waals surface area (Å²) in [6.07, 6.45) is 3.81. The molecular formula is C20H32N2O5S. The Morgan fingerprint density at radius 1 is 1.32 bits per heavy atom. The van der Waals surface area contributed by atoms with E-state index in [1.54, 1.807) is 0 Å². The molecule has 1 fully saturated rings. The fourth-order valence-electron chi connectivity index (χ4n) is 3.12. The van der Waals surface area contributed by atoms with Gasteiger partial charge < -0.3 is 14.2 Å². The van der Waals surface area contributed by atoms with E-state index in [4.69, 9.17) is 14.2 Å². The molecule has 158 valence electrons. The fourth-order valence-corrected chi connectivity index (χ4v) is 4.02. The Kier molecular flexibility index (Phi) is 7.47. The number of nitrogens with zero attached hydrogens (tertiary/aromatic N) is 2. The molecule has 1 atom stereocenters. The van der Waals surface area contributed by atoms with Gasteiger partial charge in [-0.25, -0.2) is 8.42 Å². The monoisotopic (exact) mass is 412 g/mol. The highest BCUT2D eigenvalue weighted by Crippen LogP contribution is 2.42. The molecule has 1 aromatic rings. The van der Waals surface area contributed by atoms with Gasteiger partial charge in [-0.1, -0.05) is 20.8 Å². The van der Waals surface area contributed by atoms with E-state index in [9.17, 15) is 8.42 Å². The molecule has 1 heterocycles. The van der Waals surface area contributed by atoms with E-state index in [1.165, 1.54) is 17.7 Å². The molecule has 2 rings (SSSR count). The summed E-state index contributed by atoms with van der Waals surface area (Å²) >= 11 is 0. The summed E-state index contributed by atoms with van der Waals surface area (Å²) in [6.45, 7) is 10.8. The van der Waals surface area contributed by atoms with Crippen molar-refractivity contribution in [2.24, 2.45) is 4.99 Å². The lowest BCUT2D eigenvalue weighted by atomic mass is 9.86. The number of sulfonamides is 1. The van der Waals surface area contributed by atoms with Crippen LogP contribution < -0.4 is 9.04 Å². The molecule has 1 saturated heterocycles. The third-order valence-corrected chi connectivity index (χ3v) is 5.88. The van der Waals surface area contributed by atoms with Crippen LogP contribution in [-0.2, 0) is 24.9 Å². The lowest BCUT2D eigenvalue weighted by Crippen LogP contribution is -2.35. The average Bonchev–Trinajstić information content (AvgIpc) is 2.63. The minimum atomic E-state index is -3.57. The SMILES string of the molecule is C=Nc1cc(C(C)(C)C)cc(N(CCOC2CCCCO2)S(C)(=O)=O)c1OC. The van der Waals surface area contributed by atoms with Crippen molar-refractivity contribution >= 4 is 28.1 Å². The molecule has 0 amide bonds. The van der Waals surface area contributed by atoms with Gasteiger partial charge in [0.2, 0.25) is 10.0 Å². The number of rotatable bonds is 8. The summed E-state index contributed by atoms with van der Waals surface area (Å²) < 4.78 is 43.3. The maximum Gasteiger partial charge on any atom is 0.232 e. The highest BCUT2D eigenvalue weighted by Gasteiger charge is 2.27. The Bertz CT molecular complexity index is 781. The van der Waals surface area contributed by atoms with E-state index >= 15 is 0 Å². The standard InChI is InChI=1S/C20H32N2O5S/c1-20(2,3)15-13-16(21-4)19(25-5)17(14-15)22(28(6,23)24)10-12-27-18-9-7-8-11-26-18/h13-14,18H,4,7-12H2,1-3,5-6H3. The van der Waals surface area contributed by atoms with Gasteiger partial charge >= 0.3 is 0 Å². The maximum atomic E-state index is 12.6. The van der Waals surface area contributed by atoms with Gasteiger partial charge in [-0.3, -0.25) is 9.30 Å². The molecule has 28 heavy (non-hydrogen) atoms. The quantitative estimate of drug-likeness (QED) is 0.609. The molecule has 0 saturated carbocycles. The number of hydrogen-bond acceptors (Lipinski definition) is 6. The number of ether oxygens (including phenoxy) is 3. The molecule has 0 aliphatic carbocycles. The number of methoxy groups -OCH3 is 1. The van der Waals surface area contributed by atoms with Gasteiger partial charge in [-0.15, -0.1) is 0 Å². The average molecular weight is 413 g/mol. The van der Waals surface area contributed by atoms with Crippen molar-refractivity contribution in [2.75, 3.05) is 37.4 Å². The Morgan fingerprint density at radius 3 is 2.54 bits per heavy atom. The molecule has 1 aliphatic heterocycles. The second kappa shape index (κ2) is 9.24. The normalized spacial score (nSPS) is 18.0. The maximum absolute atomic E-state index is 12.6. The molecule has 0 spiro atoms. The van der Waals surface area contributed by atoms with Crippen LogP contribution in [0.4, 0.5) is 11.4 Å². The van der Waals surface area contributed by atoms with Crippen LogP contribution in [0.25, 0.3) is 0 Å². The predicted octanol–water partition coefficient (Wildman–Crippen LogP) is 3.63. The zero-order valence-corrected chi connectivity index (χ0v) is 18.3. The van der Waals surface area contributed by atoms with Crippen LogP contribution in [0.3, 0.4) is 0 Å². The molecule has 8 heteroatoms. The number of anilines is 1. The highest BCUT2D eigenvalue weighted by molar-refractivity contribution is 7.92. The second-order valence-electron chi connectivity index (χ2n) is 7.96. The molecule has 1 aromatic carbocycles. The molecule has 1 aliphatic rings. The third-order valence-electron chi connectivity index (χ3n) is 4.70. The van der Waals surface area contributed by atoms with E-state index in [0.29, 0.717) is 23.7 Å². The van der Waals surface area contributed by atoms with Crippen LogP contribution in [0.1, 0.15) is 45.6 Å². The van der Waals surface area contributed by atoms with E-state index in [-0.39, 0.29) is 24.9 Å². The van der Waals surface area contributed by atoms with E-state index in [1.807, 2.05) is 12.1 Å². The Labute approximate surface area is 168 Å². The summed E-state index contributed by atoms with van der Waals surface area (Å²) in [4.78, 5) is 4.05. The van der Waals surface area contributed by atoms with Gasteiger partial charge in [0, 0.05) is 6.61 Å². The van der Waals surface area contributed by atoms with Crippen molar-refractivity contribution in [3.63, 3.8) is 0 Å². The Morgan fingerprint density at radius 2 is 2.04 bits per heavy atom. The largest absolute Gasteiger partial charge is 0.492 e. The summed E-state index contributed by atoms with van der Waals surface area (Å²) in [5.41, 5.74) is 1.69. The second-order valence-corrected chi connectivity index (χ2v) is 9.86. The van der Waals surface area contributed by atoms with E-state index in [2.05, 4.69) is 32.5 Å². The van der Waals surface area contributed by atoms with Gasteiger partial charge in [0.1, 0.15) is 5.69 Å². The lowest BCUT2D eigenvalue weighted by molar-refractivity contribution is -0.160. The van der Waals surface area contributed by atoms with Crippen LogP contribution in [0, 0.1) is 0 Å². The summed E-state index contributed by atoms with van der Waals surface area (Å²) in [7, 11) is -2.07. The number of aliphatic imine (C=N–C) groups is 1. The molecule has 0 aromatic heterocycles. The van der Waals surface area contributed by atoms with Crippen molar-refractivity contribution in [3.8, 4) is 5.75 Å². The summed E-state index contributed by atoms with van der Waals surface area (Å²) in [5.74, 6) is 0.377. The Balaban J connectivity index is 2.37. The first-order valence-corrected chi connectivity index (χ1v) is 11.3. The van der Waals surface area contributed by atoms with E-state index < -0.39 is 10.0 Å². The van der Waals surface area contributed by atoms with E-state index in [0.717, 1.165) is 24.8 Å². The van der Waals surface area contributed by atoms with Gasteiger partial charge in [0.25, 0.3) is 0 Å². The van der Waals surface area contributed by atoms with Gasteiger partial charge in [-0.2, -0.15) is 0 Å². The predicted molar refractivity (Wildman–Crippen MR) is 113 cm³/mol. The molecule has 1 unspecified atom stereocenters. The molecule has 7 nitrogen and oxygen atoms in total. The molecule has 0 N–H and O–H groups in total. The van der Waals surface area contributed by atoms with Crippen LogP contribution in [-0.4, -0.2) is 54.5 Å². The van der Waals surface area contributed by atoms with Crippen LogP contribution >= 0.6 is 0 Å². The summed E-state index contributed by atoms with van der Waals surface area (Å²) in [6, 6.07) is 3.72. The van der Waals surface area contributed by atoms with Gasteiger partial charge in [0.05, 0.1) is 32.2 Å². The third kappa shape index (κ3) is 5.68. The Hall–Kier alpha value is -1.64. The first kappa shape index (κ1) is 22.6. The molecule has 0 radical (unpaired) electrons.